The summed E-state index contributed by atoms with van der Waals surface area (Å²) in [6.07, 6.45) is 1.36. The molecule has 2 rings (SSSR count). The van der Waals surface area contributed by atoms with Crippen molar-refractivity contribution < 1.29 is 14.4 Å². The number of rotatable bonds is 6. The molecule has 1 spiro atoms. The number of nitrogens with two attached hydrogens (primary N) is 1. The number of hydrogen-bond donors (Lipinski definition) is 3. The molecule has 0 atom stereocenters. The van der Waals surface area contributed by atoms with Gasteiger partial charge >= 0.3 is 6.03 Å². The quantitative estimate of drug-likeness (QED) is 0.537. The molecule has 2 heterocycles. The molecule has 8 heteroatoms. The number of nitrogens with one attached hydrogen (secondary N) is 2. The Hall–Kier alpha value is -1.67. The monoisotopic (exact) mass is 311 g/mol. The van der Waals surface area contributed by atoms with Crippen LogP contribution in [0.15, 0.2) is 0 Å². The van der Waals surface area contributed by atoms with Crippen molar-refractivity contribution >= 4 is 17.8 Å². The zero-order chi connectivity index (χ0) is 16.2. The molecule has 0 saturated carbocycles. The fourth-order valence-corrected chi connectivity index (χ4v) is 2.98. The molecule has 2 aliphatic rings. The lowest BCUT2D eigenvalue weighted by Crippen LogP contribution is -2.54. The van der Waals surface area contributed by atoms with E-state index in [0.717, 1.165) is 19.6 Å². The number of carbonyl (C=O) groups excluding carboxylic acids is 3. The SMILES string of the molecule is CCN1CCC2(CC1)NC(=O)N(CCC(=O)NCCN)C2=O. The van der Waals surface area contributed by atoms with E-state index in [1.165, 1.54) is 4.90 Å². The van der Waals surface area contributed by atoms with Gasteiger partial charge in [0.05, 0.1) is 0 Å². The first-order valence-electron chi connectivity index (χ1n) is 7.85. The van der Waals surface area contributed by atoms with E-state index < -0.39 is 5.54 Å². The summed E-state index contributed by atoms with van der Waals surface area (Å²) in [5, 5.41) is 5.47. The number of imide groups is 1. The Morgan fingerprint density at radius 3 is 2.64 bits per heavy atom. The lowest BCUT2D eigenvalue weighted by atomic mass is 9.87. The molecule has 0 bridgehead atoms. The van der Waals surface area contributed by atoms with Gasteiger partial charge in [-0.25, -0.2) is 4.79 Å². The van der Waals surface area contributed by atoms with E-state index >= 15 is 0 Å². The maximum absolute atomic E-state index is 12.6. The molecule has 22 heavy (non-hydrogen) atoms. The van der Waals surface area contributed by atoms with Gasteiger partial charge in [0.15, 0.2) is 0 Å². The van der Waals surface area contributed by atoms with E-state index in [2.05, 4.69) is 22.5 Å². The van der Waals surface area contributed by atoms with Gasteiger partial charge in [0.25, 0.3) is 5.91 Å². The number of amides is 4. The van der Waals surface area contributed by atoms with Gasteiger partial charge in [-0.15, -0.1) is 0 Å². The highest BCUT2D eigenvalue weighted by molar-refractivity contribution is 6.07. The smallest absolute Gasteiger partial charge is 0.325 e. The predicted molar refractivity (Wildman–Crippen MR) is 81.0 cm³/mol. The highest BCUT2D eigenvalue weighted by Gasteiger charge is 2.51. The predicted octanol–water partition coefficient (Wildman–Crippen LogP) is -1.14. The van der Waals surface area contributed by atoms with Crippen LogP contribution in [-0.4, -0.2) is 72.5 Å². The maximum atomic E-state index is 12.6. The van der Waals surface area contributed by atoms with Gasteiger partial charge in [-0.2, -0.15) is 0 Å². The second-order valence-corrected chi connectivity index (χ2v) is 5.79. The number of piperidine rings is 1. The topological polar surface area (TPSA) is 108 Å². The van der Waals surface area contributed by atoms with Crippen molar-refractivity contribution in [3.8, 4) is 0 Å². The minimum atomic E-state index is -0.767. The summed E-state index contributed by atoms with van der Waals surface area (Å²) in [5.41, 5.74) is 4.54. The van der Waals surface area contributed by atoms with Crippen molar-refractivity contribution in [1.29, 1.82) is 0 Å². The number of nitrogens with zero attached hydrogens (tertiary/aromatic N) is 2. The molecule has 0 aliphatic carbocycles. The van der Waals surface area contributed by atoms with Crippen LogP contribution in [0.2, 0.25) is 0 Å². The van der Waals surface area contributed by atoms with Gasteiger partial charge in [-0.1, -0.05) is 6.92 Å². The maximum Gasteiger partial charge on any atom is 0.325 e. The zero-order valence-electron chi connectivity index (χ0n) is 13.1. The Labute approximate surface area is 130 Å². The summed E-state index contributed by atoms with van der Waals surface area (Å²) in [4.78, 5) is 39.7. The van der Waals surface area contributed by atoms with E-state index in [1.54, 1.807) is 0 Å². The van der Waals surface area contributed by atoms with Gasteiger partial charge in [0.2, 0.25) is 5.91 Å². The van der Waals surface area contributed by atoms with Crippen molar-refractivity contribution in [2.45, 2.75) is 31.7 Å². The summed E-state index contributed by atoms with van der Waals surface area (Å²) in [6, 6.07) is -0.387. The van der Waals surface area contributed by atoms with Crippen LogP contribution in [0, 0.1) is 0 Å². The number of carbonyl (C=O) groups is 3. The van der Waals surface area contributed by atoms with Crippen molar-refractivity contribution in [2.75, 3.05) is 39.3 Å². The van der Waals surface area contributed by atoms with E-state index in [-0.39, 0.29) is 30.8 Å². The van der Waals surface area contributed by atoms with Gasteiger partial charge < -0.3 is 21.3 Å². The first-order chi connectivity index (χ1) is 10.5. The molecule has 124 valence electrons. The van der Waals surface area contributed by atoms with E-state index in [4.69, 9.17) is 5.73 Å². The Morgan fingerprint density at radius 1 is 1.36 bits per heavy atom. The summed E-state index contributed by atoms with van der Waals surface area (Å²) in [5.74, 6) is -0.396. The first-order valence-corrected chi connectivity index (χ1v) is 7.85. The average Bonchev–Trinajstić information content (AvgIpc) is 2.75. The number of likely N-dealkylation sites (tertiary alicyclic amines) is 1. The molecule has 0 radical (unpaired) electrons. The highest BCUT2D eigenvalue weighted by Crippen LogP contribution is 2.29. The highest BCUT2D eigenvalue weighted by atomic mass is 16.2. The molecule has 0 aromatic carbocycles. The Morgan fingerprint density at radius 2 is 2.05 bits per heavy atom. The van der Waals surface area contributed by atoms with Crippen molar-refractivity contribution in [3.05, 3.63) is 0 Å². The van der Waals surface area contributed by atoms with Gasteiger partial charge in [0, 0.05) is 39.1 Å². The molecular formula is C14H25N5O3. The minimum absolute atomic E-state index is 0.107. The summed E-state index contributed by atoms with van der Waals surface area (Å²) in [7, 11) is 0. The molecule has 2 saturated heterocycles. The molecule has 0 unspecified atom stereocenters. The Bertz CT molecular complexity index is 446. The van der Waals surface area contributed by atoms with Crippen molar-refractivity contribution in [2.24, 2.45) is 5.73 Å². The molecule has 2 aliphatic heterocycles. The molecule has 2 fully saturated rings. The summed E-state index contributed by atoms with van der Waals surface area (Å²) < 4.78 is 0. The number of urea groups is 1. The van der Waals surface area contributed by atoms with Crippen molar-refractivity contribution in [3.63, 3.8) is 0 Å². The normalized spacial score (nSPS) is 21.3. The average molecular weight is 311 g/mol. The molecular weight excluding hydrogens is 286 g/mol. The molecule has 0 aromatic heterocycles. The Kier molecular flexibility index (Phi) is 5.36. The fraction of sp³-hybridized carbons (Fsp3) is 0.786. The third-order valence-corrected chi connectivity index (χ3v) is 4.43. The fourth-order valence-electron chi connectivity index (χ4n) is 2.98. The van der Waals surface area contributed by atoms with Crippen LogP contribution in [0.1, 0.15) is 26.2 Å². The van der Waals surface area contributed by atoms with Crippen LogP contribution in [0.4, 0.5) is 4.79 Å². The number of hydrogen-bond acceptors (Lipinski definition) is 5. The van der Waals surface area contributed by atoms with Crippen LogP contribution >= 0.6 is 0 Å². The molecule has 8 nitrogen and oxygen atoms in total. The summed E-state index contributed by atoms with van der Waals surface area (Å²) >= 11 is 0. The third-order valence-electron chi connectivity index (χ3n) is 4.43. The van der Waals surface area contributed by atoms with Crippen LogP contribution in [-0.2, 0) is 9.59 Å². The van der Waals surface area contributed by atoms with Crippen LogP contribution in [0.25, 0.3) is 0 Å². The Balaban J connectivity index is 1.90. The minimum Gasteiger partial charge on any atom is -0.355 e. The lowest BCUT2D eigenvalue weighted by Gasteiger charge is -2.36. The summed E-state index contributed by atoms with van der Waals surface area (Å²) in [6.45, 7) is 5.51. The third kappa shape index (κ3) is 3.38. The van der Waals surface area contributed by atoms with Gasteiger partial charge in [-0.3, -0.25) is 14.5 Å². The second-order valence-electron chi connectivity index (χ2n) is 5.79. The standard InChI is InChI=1S/C14H25N5O3/c1-2-18-9-4-14(5-10-18)12(21)19(13(22)17-14)8-3-11(20)16-7-6-15/h2-10,15H2,1H3,(H,16,20)(H,17,22). The van der Waals surface area contributed by atoms with E-state index in [0.29, 0.717) is 25.9 Å². The molecule has 4 N–H and O–H groups in total. The largest absolute Gasteiger partial charge is 0.355 e. The van der Waals surface area contributed by atoms with Crippen molar-refractivity contribution in [1.82, 2.24) is 20.4 Å². The first kappa shape index (κ1) is 16.7. The second kappa shape index (κ2) is 7.06. The van der Waals surface area contributed by atoms with Gasteiger partial charge in [0.1, 0.15) is 5.54 Å². The van der Waals surface area contributed by atoms with Crippen LogP contribution < -0.4 is 16.4 Å². The van der Waals surface area contributed by atoms with E-state index in [9.17, 15) is 14.4 Å². The zero-order valence-corrected chi connectivity index (χ0v) is 13.1. The molecule has 0 aromatic rings. The van der Waals surface area contributed by atoms with Crippen LogP contribution in [0.5, 0.6) is 0 Å². The van der Waals surface area contributed by atoms with Gasteiger partial charge in [-0.05, 0) is 19.4 Å². The lowest BCUT2D eigenvalue weighted by molar-refractivity contribution is -0.133. The van der Waals surface area contributed by atoms with E-state index in [1.807, 2.05) is 0 Å². The molecule has 4 amide bonds. The van der Waals surface area contributed by atoms with Crippen LogP contribution in [0.3, 0.4) is 0 Å².